The van der Waals surface area contributed by atoms with Crippen LogP contribution in [0.5, 0.6) is 0 Å². The molecule has 0 unspecified atom stereocenters. The van der Waals surface area contributed by atoms with Crippen LogP contribution in [0.15, 0.2) is 50.5 Å². The Bertz CT molecular complexity index is 1570. The molecule has 1 aliphatic rings. The van der Waals surface area contributed by atoms with Crippen LogP contribution in [0.4, 0.5) is 5.69 Å². The lowest BCUT2D eigenvalue weighted by Gasteiger charge is -2.13. The SMILES string of the molecule is Cc1cc(C)c2c(CC(=O)N/N=C3\CCCc4oc(C(=O)Nc5ccc(C)c(C)c5)c(C)c43)coc2c1. The maximum atomic E-state index is 13.0. The average Bonchev–Trinajstić information content (AvgIpc) is 3.41. The highest BCUT2D eigenvalue weighted by Gasteiger charge is 2.28. The summed E-state index contributed by atoms with van der Waals surface area (Å²) >= 11 is 0. The number of carbonyl (C=O) groups is 2. The van der Waals surface area contributed by atoms with Crippen LogP contribution in [0.1, 0.15) is 68.1 Å². The molecule has 0 atom stereocenters. The van der Waals surface area contributed by atoms with Gasteiger partial charge in [-0.1, -0.05) is 12.1 Å². The van der Waals surface area contributed by atoms with E-state index in [9.17, 15) is 9.59 Å². The number of nitrogens with zero attached hydrogens (tertiary/aromatic N) is 1. The van der Waals surface area contributed by atoms with E-state index in [2.05, 4.69) is 21.9 Å². The number of benzene rings is 2. The molecule has 2 N–H and O–H groups in total. The first-order valence-electron chi connectivity index (χ1n) is 12.5. The molecule has 1 aliphatic carbocycles. The zero-order chi connectivity index (χ0) is 26.3. The summed E-state index contributed by atoms with van der Waals surface area (Å²) < 4.78 is 11.7. The maximum Gasteiger partial charge on any atom is 0.291 e. The summed E-state index contributed by atoms with van der Waals surface area (Å²) in [5, 5.41) is 8.36. The molecule has 4 aromatic rings. The van der Waals surface area contributed by atoms with Crippen molar-refractivity contribution in [1.82, 2.24) is 5.43 Å². The molecule has 190 valence electrons. The summed E-state index contributed by atoms with van der Waals surface area (Å²) in [5.74, 6) is 0.487. The van der Waals surface area contributed by atoms with E-state index < -0.39 is 0 Å². The van der Waals surface area contributed by atoms with Crippen molar-refractivity contribution in [1.29, 1.82) is 0 Å². The average molecular weight is 498 g/mol. The lowest BCUT2D eigenvalue weighted by molar-refractivity contribution is -0.120. The molecule has 0 saturated heterocycles. The molecule has 37 heavy (non-hydrogen) atoms. The number of rotatable bonds is 5. The second-order valence-corrected chi connectivity index (χ2v) is 9.95. The third-order valence-corrected chi connectivity index (χ3v) is 7.06. The molecule has 0 aliphatic heterocycles. The number of hydrogen-bond donors (Lipinski definition) is 2. The molecule has 0 bridgehead atoms. The fraction of sp³-hybridized carbons (Fsp3) is 0.300. The minimum atomic E-state index is -0.295. The Morgan fingerprint density at radius 1 is 0.973 bits per heavy atom. The van der Waals surface area contributed by atoms with Crippen LogP contribution < -0.4 is 10.7 Å². The Kier molecular flexibility index (Phi) is 6.46. The quantitative estimate of drug-likeness (QED) is 0.320. The van der Waals surface area contributed by atoms with Gasteiger partial charge in [0, 0.05) is 34.2 Å². The van der Waals surface area contributed by atoms with Crippen molar-refractivity contribution in [2.45, 2.75) is 60.3 Å². The zero-order valence-corrected chi connectivity index (χ0v) is 21.9. The number of hydrogen-bond acceptors (Lipinski definition) is 5. The van der Waals surface area contributed by atoms with Crippen LogP contribution in [0, 0.1) is 34.6 Å². The van der Waals surface area contributed by atoms with Gasteiger partial charge >= 0.3 is 0 Å². The molecular weight excluding hydrogens is 466 g/mol. The third-order valence-electron chi connectivity index (χ3n) is 7.06. The number of anilines is 1. The Labute approximate surface area is 215 Å². The standard InChI is InChI=1S/C30H31N3O4/c1-16-11-19(4)27-21(15-36-25(27)12-16)14-26(34)33-32-23-7-6-8-24-28(23)20(5)29(37-24)30(35)31-22-10-9-17(2)18(3)13-22/h9-13,15H,6-8,14H2,1-5H3,(H,31,35)(H,33,34)/b32-23+. The molecule has 0 radical (unpaired) electrons. The molecule has 2 aromatic carbocycles. The number of aryl methyl sites for hydroxylation is 5. The molecule has 0 fully saturated rings. The summed E-state index contributed by atoms with van der Waals surface area (Å²) in [7, 11) is 0. The predicted molar refractivity (Wildman–Crippen MR) is 144 cm³/mol. The van der Waals surface area contributed by atoms with Crippen LogP contribution in [0.25, 0.3) is 11.0 Å². The van der Waals surface area contributed by atoms with Gasteiger partial charge in [0.15, 0.2) is 5.76 Å². The fourth-order valence-electron chi connectivity index (χ4n) is 5.10. The monoisotopic (exact) mass is 497 g/mol. The second-order valence-electron chi connectivity index (χ2n) is 9.95. The van der Waals surface area contributed by atoms with Crippen LogP contribution in [0.2, 0.25) is 0 Å². The maximum absolute atomic E-state index is 13.0. The van der Waals surface area contributed by atoms with Crippen LogP contribution in [0.3, 0.4) is 0 Å². The highest BCUT2D eigenvalue weighted by Crippen LogP contribution is 2.31. The Morgan fingerprint density at radius 2 is 1.78 bits per heavy atom. The molecule has 0 saturated carbocycles. The Balaban J connectivity index is 1.33. The minimum absolute atomic E-state index is 0.161. The van der Waals surface area contributed by atoms with E-state index in [4.69, 9.17) is 8.83 Å². The van der Waals surface area contributed by atoms with Gasteiger partial charge in [0.05, 0.1) is 18.4 Å². The van der Waals surface area contributed by atoms with Gasteiger partial charge in [0.2, 0.25) is 5.91 Å². The first-order chi connectivity index (χ1) is 17.7. The van der Waals surface area contributed by atoms with Gasteiger partial charge in [-0.3, -0.25) is 9.59 Å². The fourth-order valence-corrected chi connectivity index (χ4v) is 5.10. The first kappa shape index (κ1) is 24.6. The molecule has 7 nitrogen and oxygen atoms in total. The van der Waals surface area contributed by atoms with Crippen LogP contribution in [-0.2, 0) is 17.6 Å². The lowest BCUT2D eigenvalue weighted by atomic mass is 9.93. The van der Waals surface area contributed by atoms with Crippen molar-refractivity contribution in [3.8, 4) is 0 Å². The van der Waals surface area contributed by atoms with Gasteiger partial charge in [-0.05, 0) is 87.9 Å². The number of furan rings is 2. The second kappa shape index (κ2) is 9.73. The molecule has 2 heterocycles. The number of fused-ring (bicyclic) bond motifs is 2. The van der Waals surface area contributed by atoms with Gasteiger partial charge in [0.1, 0.15) is 11.3 Å². The van der Waals surface area contributed by atoms with E-state index in [1.54, 1.807) is 6.26 Å². The van der Waals surface area contributed by atoms with E-state index in [-0.39, 0.29) is 24.0 Å². The number of hydrazone groups is 1. The van der Waals surface area contributed by atoms with Gasteiger partial charge in [0.25, 0.3) is 5.91 Å². The molecular formula is C30H31N3O4. The summed E-state index contributed by atoms with van der Waals surface area (Å²) in [4.78, 5) is 25.8. The Morgan fingerprint density at radius 3 is 2.57 bits per heavy atom. The van der Waals surface area contributed by atoms with Crippen LogP contribution in [-0.4, -0.2) is 17.5 Å². The van der Waals surface area contributed by atoms with E-state index in [0.717, 1.165) is 79.9 Å². The molecule has 2 amide bonds. The Hall–Kier alpha value is -4.13. The van der Waals surface area contributed by atoms with Gasteiger partial charge in [-0.2, -0.15) is 5.10 Å². The van der Waals surface area contributed by atoms with Crippen molar-refractivity contribution in [2.75, 3.05) is 5.32 Å². The van der Waals surface area contributed by atoms with Crippen molar-refractivity contribution in [3.63, 3.8) is 0 Å². The third kappa shape index (κ3) is 4.81. The topological polar surface area (TPSA) is 96.8 Å². The normalized spacial score (nSPS) is 14.1. The van der Waals surface area contributed by atoms with E-state index in [1.807, 2.05) is 58.9 Å². The van der Waals surface area contributed by atoms with Crippen molar-refractivity contribution in [3.05, 3.63) is 87.1 Å². The van der Waals surface area contributed by atoms with Crippen molar-refractivity contribution < 1.29 is 18.4 Å². The molecule has 7 heteroatoms. The van der Waals surface area contributed by atoms with E-state index in [0.29, 0.717) is 6.42 Å². The molecule has 0 spiro atoms. The van der Waals surface area contributed by atoms with E-state index >= 15 is 0 Å². The predicted octanol–water partition coefficient (Wildman–Crippen LogP) is 6.22. The first-order valence-corrected chi connectivity index (χ1v) is 12.5. The summed E-state index contributed by atoms with van der Waals surface area (Å²) in [5.41, 5.74) is 11.8. The van der Waals surface area contributed by atoms with Crippen molar-refractivity contribution >= 4 is 34.2 Å². The lowest BCUT2D eigenvalue weighted by Crippen LogP contribution is -2.23. The van der Waals surface area contributed by atoms with Crippen LogP contribution >= 0.6 is 0 Å². The smallest absolute Gasteiger partial charge is 0.291 e. The zero-order valence-electron chi connectivity index (χ0n) is 21.9. The van der Waals surface area contributed by atoms with Gasteiger partial charge < -0.3 is 14.2 Å². The highest BCUT2D eigenvalue weighted by molar-refractivity contribution is 6.09. The highest BCUT2D eigenvalue weighted by atomic mass is 16.4. The summed E-state index contributed by atoms with van der Waals surface area (Å²) in [6, 6.07) is 9.86. The largest absolute Gasteiger partial charge is 0.464 e. The number of carbonyl (C=O) groups excluding carboxylic acids is 2. The minimum Gasteiger partial charge on any atom is -0.464 e. The summed E-state index contributed by atoms with van der Waals surface area (Å²) in [6.07, 6.45) is 4.05. The summed E-state index contributed by atoms with van der Waals surface area (Å²) in [6.45, 7) is 9.95. The van der Waals surface area contributed by atoms with Gasteiger partial charge in [-0.15, -0.1) is 0 Å². The molecule has 2 aromatic heterocycles. The number of nitrogens with one attached hydrogen (secondary N) is 2. The number of amides is 2. The van der Waals surface area contributed by atoms with Gasteiger partial charge in [-0.25, -0.2) is 5.43 Å². The van der Waals surface area contributed by atoms with E-state index in [1.165, 1.54) is 0 Å². The molecule has 5 rings (SSSR count). The van der Waals surface area contributed by atoms with Crippen molar-refractivity contribution in [2.24, 2.45) is 5.10 Å².